The lowest BCUT2D eigenvalue weighted by Gasteiger charge is -2.33. The highest BCUT2D eigenvalue weighted by Gasteiger charge is 2.33. The van der Waals surface area contributed by atoms with E-state index in [0.717, 1.165) is 12.8 Å². The first-order valence-corrected chi connectivity index (χ1v) is 6.61. The second kappa shape index (κ2) is 6.57. The smallest absolute Gasteiger partial charge is 0.306 e. The molecule has 4 nitrogen and oxygen atoms in total. The molecule has 0 aromatic heterocycles. The molecule has 1 fully saturated rings. The minimum absolute atomic E-state index is 0.0795. The zero-order valence-electron chi connectivity index (χ0n) is 11.3. The van der Waals surface area contributed by atoms with Gasteiger partial charge in [-0.2, -0.15) is 0 Å². The summed E-state index contributed by atoms with van der Waals surface area (Å²) in [6, 6.07) is 0.126. The maximum absolute atomic E-state index is 12.4. The molecular weight excluding hydrogens is 230 g/mol. The molecule has 1 aliphatic carbocycles. The number of hydrogen-bond acceptors (Lipinski definition) is 2. The maximum atomic E-state index is 12.4. The van der Waals surface area contributed by atoms with Gasteiger partial charge in [0.2, 0.25) is 5.91 Å². The van der Waals surface area contributed by atoms with Crippen molar-refractivity contribution in [1.29, 1.82) is 0 Å². The molecule has 4 heteroatoms. The summed E-state index contributed by atoms with van der Waals surface area (Å²) in [4.78, 5) is 25.2. The Morgan fingerprint density at radius 2 is 2.00 bits per heavy atom. The average Bonchev–Trinajstić information content (AvgIpc) is 2.35. The van der Waals surface area contributed by atoms with Gasteiger partial charge in [0.05, 0.1) is 5.92 Å². The van der Waals surface area contributed by atoms with Crippen molar-refractivity contribution < 1.29 is 14.7 Å². The zero-order valence-corrected chi connectivity index (χ0v) is 11.3. The van der Waals surface area contributed by atoms with Crippen LogP contribution in [0.3, 0.4) is 0 Å². The highest BCUT2D eigenvalue weighted by molar-refractivity contribution is 5.80. The minimum atomic E-state index is -0.771. The highest BCUT2D eigenvalue weighted by atomic mass is 16.4. The normalized spacial score (nSPS) is 23.7. The van der Waals surface area contributed by atoms with Crippen LogP contribution in [0.15, 0.2) is 12.7 Å². The van der Waals surface area contributed by atoms with E-state index in [-0.39, 0.29) is 23.8 Å². The lowest BCUT2D eigenvalue weighted by atomic mass is 9.80. The number of rotatable bonds is 5. The Balaban J connectivity index is 2.69. The van der Waals surface area contributed by atoms with Gasteiger partial charge in [0.15, 0.2) is 0 Å². The zero-order chi connectivity index (χ0) is 13.7. The van der Waals surface area contributed by atoms with E-state index in [1.165, 1.54) is 0 Å². The van der Waals surface area contributed by atoms with Crippen LogP contribution in [-0.4, -0.2) is 34.5 Å². The van der Waals surface area contributed by atoms with Crippen molar-refractivity contribution in [2.75, 3.05) is 6.54 Å². The van der Waals surface area contributed by atoms with Gasteiger partial charge in [0.25, 0.3) is 0 Å². The third-order valence-corrected chi connectivity index (χ3v) is 3.60. The first kappa shape index (κ1) is 14.7. The monoisotopic (exact) mass is 253 g/mol. The van der Waals surface area contributed by atoms with Crippen molar-refractivity contribution in [2.24, 2.45) is 11.8 Å². The number of carbonyl (C=O) groups excluding carboxylic acids is 1. The van der Waals surface area contributed by atoms with Crippen molar-refractivity contribution in [3.8, 4) is 0 Å². The fraction of sp³-hybridized carbons (Fsp3) is 0.714. The molecule has 1 aliphatic rings. The van der Waals surface area contributed by atoms with Crippen molar-refractivity contribution in [1.82, 2.24) is 4.90 Å². The molecule has 0 aliphatic heterocycles. The first-order valence-electron chi connectivity index (χ1n) is 6.61. The number of hydrogen-bond donors (Lipinski definition) is 1. The number of carboxylic acid groups (broad SMARTS) is 1. The van der Waals surface area contributed by atoms with Gasteiger partial charge in [-0.05, 0) is 33.1 Å². The molecule has 0 radical (unpaired) electrons. The van der Waals surface area contributed by atoms with Gasteiger partial charge in [0, 0.05) is 18.5 Å². The van der Waals surface area contributed by atoms with Gasteiger partial charge in [-0.15, -0.1) is 6.58 Å². The Morgan fingerprint density at radius 1 is 1.39 bits per heavy atom. The van der Waals surface area contributed by atoms with Crippen molar-refractivity contribution in [3.63, 3.8) is 0 Å². The predicted molar refractivity (Wildman–Crippen MR) is 70.1 cm³/mol. The van der Waals surface area contributed by atoms with Gasteiger partial charge in [-0.3, -0.25) is 9.59 Å². The summed E-state index contributed by atoms with van der Waals surface area (Å²) in [5.74, 6) is -1.18. The Kier molecular flexibility index (Phi) is 5.38. The van der Waals surface area contributed by atoms with Gasteiger partial charge in [0.1, 0.15) is 0 Å². The molecule has 0 aromatic carbocycles. The molecule has 0 heterocycles. The van der Waals surface area contributed by atoms with Gasteiger partial charge in [-0.1, -0.05) is 12.5 Å². The van der Waals surface area contributed by atoms with Gasteiger partial charge >= 0.3 is 5.97 Å². The lowest BCUT2D eigenvalue weighted by molar-refractivity contribution is -0.145. The maximum Gasteiger partial charge on any atom is 0.306 e. The summed E-state index contributed by atoms with van der Waals surface area (Å²) in [6.45, 7) is 8.14. The molecule has 1 saturated carbocycles. The number of nitrogens with zero attached hydrogens (tertiary/aromatic N) is 1. The lowest BCUT2D eigenvalue weighted by Crippen LogP contribution is -2.42. The quantitative estimate of drug-likeness (QED) is 0.765. The minimum Gasteiger partial charge on any atom is -0.481 e. The number of carbonyl (C=O) groups is 2. The molecule has 2 unspecified atom stereocenters. The van der Waals surface area contributed by atoms with Crippen LogP contribution >= 0.6 is 0 Å². The molecule has 1 amide bonds. The SMILES string of the molecule is C=CCN(C(=O)C1CCCC(C(=O)O)C1)C(C)C. The molecular formula is C14H23NO3. The standard InChI is InChI=1S/C14H23NO3/c1-4-8-15(10(2)3)13(16)11-6-5-7-12(9-11)14(17)18/h4,10-12H,1,5-9H2,2-3H3,(H,17,18). The van der Waals surface area contributed by atoms with Crippen LogP contribution < -0.4 is 0 Å². The number of aliphatic carboxylic acids is 1. The van der Waals surface area contributed by atoms with Crippen LogP contribution in [0, 0.1) is 11.8 Å². The number of carboxylic acids is 1. The average molecular weight is 253 g/mol. The third kappa shape index (κ3) is 3.59. The molecule has 1 rings (SSSR count). The molecule has 0 bridgehead atoms. The summed E-state index contributed by atoms with van der Waals surface area (Å²) in [6.07, 6.45) is 4.53. The van der Waals surface area contributed by atoms with E-state index in [1.807, 2.05) is 13.8 Å². The van der Waals surface area contributed by atoms with Crippen LogP contribution in [0.5, 0.6) is 0 Å². The van der Waals surface area contributed by atoms with Crippen LogP contribution in [0.2, 0.25) is 0 Å². The van der Waals surface area contributed by atoms with Gasteiger partial charge < -0.3 is 10.0 Å². The fourth-order valence-corrected chi connectivity index (χ4v) is 2.57. The third-order valence-electron chi connectivity index (χ3n) is 3.60. The Bertz CT molecular complexity index is 325. The van der Waals surface area contributed by atoms with Crippen LogP contribution in [0.1, 0.15) is 39.5 Å². The summed E-state index contributed by atoms with van der Waals surface area (Å²) in [5, 5.41) is 9.05. The van der Waals surface area contributed by atoms with E-state index >= 15 is 0 Å². The van der Waals surface area contributed by atoms with Crippen molar-refractivity contribution in [3.05, 3.63) is 12.7 Å². The van der Waals surface area contributed by atoms with Crippen LogP contribution in [0.4, 0.5) is 0 Å². The predicted octanol–water partition coefficient (Wildman–Crippen LogP) is 2.30. The fourth-order valence-electron chi connectivity index (χ4n) is 2.57. The Morgan fingerprint density at radius 3 is 2.50 bits per heavy atom. The van der Waals surface area contributed by atoms with Crippen LogP contribution in [-0.2, 0) is 9.59 Å². The molecule has 102 valence electrons. The van der Waals surface area contributed by atoms with E-state index in [4.69, 9.17) is 5.11 Å². The second-order valence-corrected chi connectivity index (χ2v) is 5.27. The largest absolute Gasteiger partial charge is 0.481 e. The summed E-state index contributed by atoms with van der Waals surface area (Å²) in [7, 11) is 0. The van der Waals surface area contributed by atoms with Crippen molar-refractivity contribution in [2.45, 2.75) is 45.6 Å². The first-order chi connectivity index (χ1) is 8.47. The van der Waals surface area contributed by atoms with Crippen molar-refractivity contribution >= 4 is 11.9 Å². The van der Waals surface area contributed by atoms with E-state index in [1.54, 1.807) is 11.0 Å². The van der Waals surface area contributed by atoms with E-state index in [2.05, 4.69) is 6.58 Å². The topological polar surface area (TPSA) is 57.6 Å². The molecule has 0 aromatic rings. The molecule has 18 heavy (non-hydrogen) atoms. The van der Waals surface area contributed by atoms with E-state index in [9.17, 15) is 9.59 Å². The van der Waals surface area contributed by atoms with E-state index < -0.39 is 5.97 Å². The Hall–Kier alpha value is -1.32. The molecule has 0 spiro atoms. The van der Waals surface area contributed by atoms with Gasteiger partial charge in [-0.25, -0.2) is 0 Å². The number of amides is 1. The summed E-state index contributed by atoms with van der Waals surface area (Å²) < 4.78 is 0. The Labute approximate surface area is 109 Å². The second-order valence-electron chi connectivity index (χ2n) is 5.27. The summed E-state index contributed by atoms with van der Waals surface area (Å²) in [5.41, 5.74) is 0. The molecule has 0 saturated heterocycles. The highest BCUT2D eigenvalue weighted by Crippen LogP contribution is 2.30. The van der Waals surface area contributed by atoms with E-state index in [0.29, 0.717) is 19.4 Å². The molecule has 1 N–H and O–H groups in total. The molecule has 2 atom stereocenters. The summed E-state index contributed by atoms with van der Waals surface area (Å²) >= 11 is 0. The van der Waals surface area contributed by atoms with Crippen LogP contribution in [0.25, 0.3) is 0 Å².